The molecule has 1 aromatic rings. The van der Waals surface area contributed by atoms with Crippen molar-refractivity contribution in [1.82, 2.24) is 15.6 Å². The number of rotatable bonds is 5. The Morgan fingerprint density at radius 2 is 2.35 bits per heavy atom. The molecule has 2 heterocycles. The first kappa shape index (κ1) is 12.7. The highest BCUT2D eigenvalue weighted by Crippen LogP contribution is 2.21. The molecule has 1 unspecified atom stereocenters. The molecule has 0 aliphatic carbocycles. The summed E-state index contributed by atoms with van der Waals surface area (Å²) in [4.78, 5) is 3.14. The van der Waals surface area contributed by atoms with Crippen LogP contribution in [0.1, 0.15) is 32.3 Å². The first-order chi connectivity index (χ1) is 8.18. The Morgan fingerprint density at radius 3 is 3.00 bits per heavy atom. The van der Waals surface area contributed by atoms with E-state index < -0.39 is 0 Å². The molecule has 1 fully saturated rings. The molecule has 0 aromatic carbocycles. The minimum atomic E-state index is 0.210. The van der Waals surface area contributed by atoms with E-state index in [0.717, 1.165) is 19.0 Å². The maximum absolute atomic E-state index is 3.63. The average molecular weight is 235 g/mol. The largest absolute Gasteiger partial charge is 0.367 e. The zero-order valence-electron chi connectivity index (χ0n) is 11.1. The molecule has 3 heteroatoms. The molecular weight excluding hydrogens is 210 g/mol. The van der Waals surface area contributed by atoms with Crippen LogP contribution in [0.25, 0.3) is 0 Å². The number of piperidine rings is 1. The lowest BCUT2D eigenvalue weighted by atomic mass is 9.86. The average Bonchev–Trinajstić information content (AvgIpc) is 2.84. The molecule has 1 aliphatic heterocycles. The minimum absolute atomic E-state index is 0.210. The van der Waals surface area contributed by atoms with Crippen molar-refractivity contribution in [3.05, 3.63) is 24.0 Å². The molecule has 17 heavy (non-hydrogen) atoms. The Morgan fingerprint density at radius 1 is 1.47 bits per heavy atom. The molecule has 1 aliphatic rings. The molecule has 0 radical (unpaired) electrons. The molecule has 1 atom stereocenters. The zero-order valence-corrected chi connectivity index (χ0v) is 11.1. The lowest BCUT2D eigenvalue weighted by Crippen LogP contribution is -2.40. The fourth-order valence-corrected chi connectivity index (χ4v) is 2.53. The first-order valence-corrected chi connectivity index (χ1v) is 6.73. The molecule has 1 aromatic heterocycles. The van der Waals surface area contributed by atoms with Crippen LogP contribution in [0.4, 0.5) is 0 Å². The fraction of sp³-hybridized carbons (Fsp3) is 0.714. The van der Waals surface area contributed by atoms with Gasteiger partial charge in [-0.1, -0.05) is 13.8 Å². The van der Waals surface area contributed by atoms with E-state index in [1.165, 1.54) is 31.5 Å². The van der Waals surface area contributed by atoms with Gasteiger partial charge in [-0.3, -0.25) is 0 Å². The molecule has 2 rings (SSSR count). The highest BCUT2D eigenvalue weighted by atomic mass is 14.9. The predicted octanol–water partition coefficient (Wildman–Crippen LogP) is 1.88. The number of H-pyrrole nitrogens is 1. The Bertz CT molecular complexity index is 310. The summed E-state index contributed by atoms with van der Waals surface area (Å²) >= 11 is 0. The van der Waals surface area contributed by atoms with Gasteiger partial charge >= 0.3 is 0 Å². The third-order valence-corrected chi connectivity index (χ3v) is 3.78. The van der Waals surface area contributed by atoms with Crippen LogP contribution < -0.4 is 10.6 Å². The lowest BCUT2D eigenvalue weighted by molar-refractivity contribution is 0.345. The summed E-state index contributed by atoms with van der Waals surface area (Å²) < 4.78 is 0. The Kier molecular flexibility index (Phi) is 4.24. The van der Waals surface area contributed by atoms with Gasteiger partial charge in [0, 0.05) is 24.4 Å². The topological polar surface area (TPSA) is 39.8 Å². The molecule has 96 valence electrons. The number of aromatic amines is 1. The molecule has 0 bridgehead atoms. The van der Waals surface area contributed by atoms with Gasteiger partial charge < -0.3 is 15.6 Å². The van der Waals surface area contributed by atoms with Crippen molar-refractivity contribution in [2.45, 2.75) is 32.1 Å². The van der Waals surface area contributed by atoms with E-state index >= 15 is 0 Å². The number of nitrogens with one attached hydrogen (secondary N) is 3. The number of hydrogen-bond donors (Lipinski definition) is 3. The van der Waals surface area contributed by atoms with Crippen LogP contribution >= 0.6 is 0 Å². The second-order valence-corrected chi connectivity index (χ2v) is 5.83. The minimum Gasteiger partial charge on any atom is -0.367 e. The third kappa shape index (κ3) is 3.58. The smallest absolute Gasteiger partial charge is 0.00438 e. The van der Waals surface area contributed by atoms with Crippen molar-refractivity contribution >= 4 is 0 Å². The molecule has 0 amide bonds. The second kappa shape index (κ2) is 5.69. The molecule has 3 nitrogen and oxygen atoms in total. The maximum Gasteiger partial charge on any atom is 0.00438 e. The van der Waals surface area contributed by atoms with Crippen LogP contribution in [0.2, 0.25) is 0 Å². The predicted molar refractivity (Wildman–Crippen MR) is 72.3 cm³/mol. The summed E-state index contributed by atoms with van der Waals surface area (Å²) in [7, 11) is 0. The van der Waals surface area contributed by atoms with Gasteiger partial charge in [0.2, 0.25) is 0 Å². The van der Waals surface area contributed by atoms with E-state index in [9.17, 15) is 0 Å². The van der Waals surface area contributed by atoms with Crippen LogP contribution in [0.3, 0.4) is 0 Å². The standard InChI is InChI=1S/C14H25N3/c1-14(2,13-5-7-16-10-13)11-17-9-12-4-3-6-15-8-12/h5,7,10,12,15-17H,3-4,6,8-9,11H2,1-2H3. The zero-order chi connectivity index (χ0) is 12.1. The van der Waals surface area contributed by atoms with Crippen molar-refractivity contribution in [2.75, 3.05) is 26.2 Å². The van der Waals surface area contributed by atoms with E-state index in [2.05, 4.69) is 41.7 Å². The van der Waals surface area contributed by atoms with E-state index in [0.29, 0.717) is 0 Å². The fourth-order valence-electron chi connectivity index (χ4n) is 2.53. The van der Waals surface area contributed by atoms with Gasteiger partial charge in [-0.25, -0.2) is 0 Å². The van der Waals surface area contributed by atoms with Crippen molar-refractivity contribution in [3.63, 3.8) is 0 Å². The van der Waals surface area contributed by atoms with Crippen LogP contribution in [-0.4, -0.2) is 31.2 Å². The normalized spacial score (nSPS) is 21.6. The van der Waals surface area contributed by atoms with Crippen molar-refractivity contribution in [2.24, 2.45) is 5.92 Å². The van der Waals surface area contributed by atoms with Crippen molar-refractivity contribution in [3.8, 4) is 0 Å². The van der Waals surface area contributed by atoms with Crippen LogP contribution in [0.5, 0.6) is 0 Å². The molecular formula is C14H25N3. The van der Waals surface area contributed by atoms with Gasteiger partial charge in [0.25, 0.3) is 0 Å². The molecule has 1 saturated heterocycles. The highest BCUT2D eigenvalue weighted by molar-refractivity contribution is 5.20. The summed E-state index contributed by atoms with van der Waals surface area (Å²) in [6, 6.07) is 2.17. The Labute approximate surface area is 104 Å². The number of aromatic nitrogens is 1. The summed E-state index contributed by atoms with van der Waals surface area (Å²) in [6.45, 7) is 9.15. The monoisotopic (exact) mass is 235 g/mol. The summed E-state index contributed by atoms with van der Waals surface area (Å²) in [6.07, 6.45) is 6.80. The van der Waals surface area contributed by atoms with E-state index in [1.54, 1.807) is 0 Å². The SMILES string of the molecule is CC(C)(CNCC1CCCNC1)c1cc[nH]c1. The first-order valence-electron chi connectivity index (χ1n) is 6.73. The maximum atomic E-state index is 3.63. The van der Waals surface area contributed by atoms with Crippen LogP contribution in [0.15, 0.2) is 18.5 Å². The van der Waals surface area contributed by atoms with Crippen molar-refractivity contribution < 1.29 is 0 Å². The van der Waals surface area contributed by atoms with E-state index in [4.69, 9.17) is 0 Å². The van der Waals surface area contributed by atoms with Gasteiger partial charge in [0.15, 0.2) is 0 Å². The summed E-state index contributed by atoms with van der Waals surface area (Å²) in [5.41, 5.74) is 1.59. The van der Waals surface area contributed by atoms with Gasteiger partial charge in [-0.2, -0.15) is 0 Å². The van der Waals surface area contributed by atoms with Gasteiger partial charge in [0.1, 0.15) is 0 Å². The van der Waals surface area contributed by atoms with Crippen LogP contribution in [-0.2, 0) is 5.41 Å². The molecule has 0 spiro atoms. The quantitative estimate of drug-likeness (QED) is 0.729. The Hall–Kier alpha value is -0.800. The summed E-state index contributed by atoms with van der Waals surface area (Å²) in [5, 5.41) is 7.09. The molecule has 3 N–H and O–H groups in total. The highest BCUT2D eigenvalue weighted by Gasteiger charge is 2.21. The van der Waals surface area contributed by atoms with Gasteiger partial charge in [-0.15, -0.1) is 0 Å². The number of hydrogen-bond acceptors (Lipinski definition) is 2. The van der Waals surface area contributed by atoms with E-state index in [-0.39, 0.29) is 5.41 Å². The van der Waals surface area contributed by atoms with Gasteiger partial charge in [-0.05, 0) is 50.0 Å². The third-order valence-electron chi connectivity index (χ3n) is 3.78. The molecule has 0 saturated carbocycles. The van der Waals surface area contributed by atoms with E-state index in [1.807, 2.05) is 6.20 Å². The van der Waals surface area contributed by atoms with Crippen molar-refractivity contribution in [1.29, 1.82) is 0 Å². The Balaban J connectivity index is 1.74. The summed E-state index contributed by atoms with van der Waals surface area (Å²) in [5.74, 6) is 0.811. The van der Waals surface area contributed by atoms with Crippen LogP contribution in [0, 0.1) is 5.92 Å². The van der Waals surface area contributed by atoms with Gasteiger partial charge in [0.05, 0.1) is 0 Å². The second-order valence-electron chi connectivity index (χ2n) is 5.83. The lowest BCUT2D eigenvalue weighted by Gasteiger charge is -2.27.